The average Bonchev–Trinajstić information content (AvgIpc) is 3.32. The van der Waals surface area contributed by atoms with E-state index in [1.165, 1.54) is 43.8 Å². The Hall–Kier alpha value is -3.90. The van der Waals surface area contributed by atoms with Crippen LogP contribution in [0.25, 0.3) is 11.1 Å². The van der Waals surface area contributed by atoms with Crippen molar-refractivity contribution in [3.05, 3.63) is 71.3 Å². The summed E-state index contributed by atoms with van der Waals surface area (Å²) >= 11 is 5.81. The number of carbonyl (C=O) groups is 1. The van der Waals surface area contributed by atoms with Crippen molar-refractivity contribution in [1.82, 2.24) is 15.4 Å². The monoisotopic (exact) mass is 508 g/mol. The molecule has 35 heavy (non-hydrogen) atoms. The zero-order valence-corrected chi connectivity index (χ0v) is 18.7. The van der Waals surface area contributed by atoms with Crippen LogP contribution in [0.4, 0.5) is 35.0 Å². The first kappa shape index (κ1) is 24.2. The van der Waals surface area contributed by atoms with E-state index >= 15 is 0 Å². The number of methoxy groups -OCH3 is 1. The van der Waals surface area contributed by atoms with Gasteiger partial charge >= 0.3 is 6.18 Å². The van der Waals surface area contributed by atoms with Crippen LogP contribution in [-0.4, -0.2) is 35.2 Å². The molecule has 4 N–H and O–H groups in total. The first-order chi connectivity index (χ1) is 16.6. The quantitative estimate of drug-likeness (QED) is 0.419. The van der Waals surface area contributed by atoms with E-state index in [2.05, 4.69) is 20.7 Å². The highest BCUT2D eigenvalue weighted by atomic mass is 35.5. The van der Waals surface area contributed by atoms with Crippen LogP contribution >= 0.6 is 11.6 Å². The number of anilines is 3. The highest BCUT2D eigenvalue weighted by Crippen LogP contribution is 2.35. The SMILES string of the molecule is COc1ccc(-c2cnc(Nc3ccc(F)c(Cl)c3)nc2N2C=CC(C(F)(F)F)N2)cc1C(N)=O. The number of nitrogens with one attached hydrogen (secondary N) is 2. The molecule has 0 saturated carbocycles. The van der Waals surface area contributed by atoms with E-state index < -0.39 is 23.9 Å². The number of aromatic nitrogens is 2. The van der Waals surface area contributed by atoms with E-state index in [9.17, 15) is 22.4 Å². The molecule has 2 heterocycles. The van der Waals surface area contributed by atoms with E-state index in [1.807, 2.05) is 0 Å². The summed E-state index contributed by atoms with van der Waals surface area (Å²) in [7, 11) is 1.37. The van der Waals surface area contributed by atoms with Crippen molar-refractivity contribution in [2.75, 3.05) is 17.4 Å². The number of alkyl halides is 3. The minimum absolute atomic E-state index is 0.000667. The molecule has 13 heteroatoms. The van der Waals surface area contributed by atoms with Gasteiger partial charge in [-0.05, 0) is 42.0 Å². The van der Waals surface area contributed by atoms with Crippen LogP contribution in [0, 0.1) is 5.82 Å². The molecule has 1 aromatic heterocycles. The van der Waals surface area contributed by atoms with Gasteiger partial charge < -0.3 is 15.8 Å². The second kappa shape index (κ2) is 9.39. The Bertz CT molecular complexity index is 1320. The molecule has 0 aliphatic carbocycles. The van der Waals surface area contributed by atoms with Crippen molar-refractivity contribution in [2.45, 2.75) is 12.2 Å². The van der Waals surface area contributed by atoms with Crippen molar-refractivity contribution < 1.29 is 27.1 Å². The second-order valence-corrected chi connectivity index (χ2v) is 7.73. The van der Waals surface area contributed by atoms with Crippen LogP contribution in [0.15, 0.2) is 54.9 Å². The van der Waals surface area contributed by atoms with Crippen LogP contribution in [0.5, 0.6) is 5.75 Å². The smallest absolute Gasteiger partial charge is 0.409 e. The van der Waals surface area contributed by atoms with Gasteiger partial charge in [0.2, 0.25) is 5.95 Å². The molecular weight excluding hydrogens is 492 g/mol. The molecule has 0 bridgehead atoms. The third kappa shape index (κ3) is 5.12. The molecule has 1 aliphatic rings. The summed E-state index contributed by atoms with van der Waals surface area (Å²) in [4.78, 5) is 20.4. The molecule has 3 aromatic rings. The lowest BCUT2D eigenvalue weighted by Gasteiger charge is -2.23. The van der Waals surface area contributed by atoms with Crippen molar-refractivity contribution >= 4 is 35.0 Å². The van der Waals surface area contributed by atoms with Gasteiger partial charge in [0, 0.05) is 23.6 Å². The van der Waals surface area contributed by atoms with Crippen LogP contribution in [-0.2, 0) is 0 Å². The summed E-state index contributed by atoms with van der Waals surface area (Å²) in [6, 6.07) is 6.42. The lowest BCUT2D eigenvalue weighted by molar-refractivity contribution is -0.142. The van der Waals surface area contributed by atoms with E-state index in [0.717, 1.165) is 17.2 Å². The van der Waals surface area contributed by atoms with Crippen LogP contribution in [0.1, 0.15) is 10.4 Å². The molecule has 2 aromatic carbocycles. The first-order valence-electron chi connectivity index (χ1n) is 9.94. The number of nitrogens with zero attached hydrogens (tertiary/aromatic N) is 3. The summed E-state index contributed by atoms with van der Waals surface area (Å²) in [5.41, 5.74) is 8.87. The summed E-state index contributed by atoms with van der Waals surface area (Å²) in [6.07, 6.45) is -1.06. The zero-order valence-electron chi connectivity index (χ0n) is 17.9. The molecule has 0 fully saturated rings. The summed E-state index contributed by atoms with van der Waals surface area (Å²) in [5, 5.41) is 3.79. The lowest BCUT2D eigenvalue weighted by Crippen LogP contribution is -2.44. The van der Waals surface area contributed by atoms with Gasteiger partial charge in [0.05, 0.1) is 17.7 Å². The molecule has 1 atom stereocenters. The molecule has 8 nitrogen and oxygen atoms in total. The van der Waals surface area contributed by atoms with Gasteiger partial charge in [0.15, 0.2) is 5.82 Å². The van der Waals surface area contributed by atoms with Crippen LogP contribution < -0.4 is 26.2 Å². The molecule has 0 spiro atoms. The maximum absolute atomic E-state index is 13.5. The summed E-state index contributed by atoms with van der Waals surface area (Å²) < 4.78 is 58.3. The van der Waals surface area contributed by atoms with Crippen molar-refractivity contribution in [2.24, 2.45) is 5.73 Å². The molecule has 1 aliphatic heterocycles. The molecule has 0 saturated heterocycles. The highest BCUT2D eigenvalue weighted by molar-refractivity contribution is 6.31. The van der Waals surface area contributed by atoms with Gasteiger partial charge in [-0.15, -0.1) is 0 Å². The first-order valence-corrected chi connectivity index (χ1v) is 10.3. The number of halogens is 5. The van der Waals surface area contributed by atoms with Gasteiger partial charge in [-0.3, -0.25) is 9.80 Å². The average molecular weight is 509 g/mol. The fourth-order valence-corrected chi connectivity index (χ4v) is 3.49. The Morgan fingerprint density at radius 3 is 2.66 bits per heavy atom. The highest BCUT2D eigenvalue weighted by Gasteiger charge is 2.41. The number of nitrogens with two attached hydrogens (primary N) is 1. The fraction of sp³-hybridized carbons (Fsp3) is 0.136. The number of primary amides is 1. The molecular formula is C22H17ClF4N6O2. The summed E-state index contributed by atoms with van der Waals surface area (Å²) in [6.45, 7) is 0. The van der Waals surface area contributed by atoms with Gasteiger partial charge in [-0.25, -0.2) is 14.8 Å². The summed E-state index contributed by atoms with van der Waals surface area (Å²) in [5.74, 6) is -1.11. The lowest BCUT2D eigenvalue weighted by atomic mass is 10.0. The zero-order chi connectivity index (χ0) is 25.3. The number of hydrogen-bond acceptors (Lipinski definition) is 7. The van der Waals surface area contributed by atoms with Gasteiger partial charge in [0.1, 0.15) is 17.6 Å². The Kier molecular flexibility index (Phi) is 6.50. The minimum Gasteiger partial charge on any atom is -0.496 e. The normalized spacial score (nSPS) is 15.4. The number of benzene rings is 2. The second-order valence-electron chi connectivity index (χ2n) is 7.32. The van der Waals surface area contributed by atoms with Crippen molar-refractivity contribution in [3.8, 4) is 16.9 Å². The molecule has 182 valence electrons. The van der Waals surface area contributed by atoms with Crippen molar-refractivity contribution in [1.29, 1.82) is 0 Å². The number of carbonyl (C=O) groups excluding carboxylic acids is 1. The largest absolute Gasteiger partial charge is 0.496 e. The van der Waals surface area contributed by atoms with Gasteiger partial charge in [0.25, 0.3) is 5.91 Å². The van der Waals surface area contributed by atoms with E-state index in [1.54, 1.807) is 6.07 Å². The molecule has 0 radical (unpaired) electrons. The Morgan fingerprint density at radius 1 is 1.26 bits per heavy atom. The maximum atomic E-state index is 13.5. The number of ether oxygens (including phenoxy) is 1. The fourth-order valence-electron chi connectivity index (χ4n) is 3.31. The third-order valence-corrected chi connectivity index (χ3v) is 5.30. The minimum atomic E-state index is -4.54. The number of hydrogen-bond donors (Lipinski definition) is 3. The third-order valence-electron chi connectivity index (χ3n) is 5.01. The van der Waals surface area contributed by atoms with Crippen molar-refractivity contribution in [3.63, 3.8) is 0 Å². The topological polar surface area (TPSA) is 105 Å². The van der Waals surface area contributed by atoms with Gasteiger partial charge in [-0.2, -0.15) is 18.2 Å². The molecule has 4 rings (SSSR count). The number of rotatable bonds is 6. The van der Waals surface area contributed by atoms with Crippen LogP contribution in [0.3, 0.4) is 0 Å². The Balaban J connectivity index is 1.77. The number of hydrazine groups is 1. The predicted molar refractivity (Wildman–Crippen MR) is 122 cm³/mol. The predicted octanol–water partition coefficient (Wildman–Crippen LogP) is 4.56. The molecule has 1 unspecified atom stereocenters. The Morgan fingerprint density at radius 2 is 2.03 bits per heavy atom. The standard InChI is InChI=1S/C22H17ClF4N6O2/c1-35-17-5-2-11(8-13(17)19(28)34)14-10-29-21(30-12-3-4-16(24)15(23)9-12)31-20(14)33-7-6-18(32-33)22(25,26)27/h2-10,18,32H,1H3,(H2,28,34)(H,29,30,31). The Labute approximate surface area is 201 Å². The van der Waals surface area contributed by atoms with Crippen LogP contribution in [0.2, 0.25) is 5.02 Å². The molecule has 1 amide bonds. The van der Waals surface area contributed by atoms with E-state index in [0.29, 0.717) is 11.3 Å². The maximum Gasteiger partial charge on any atom is 0.409 e. The van der Waals surface area contributed by atoms with E-state index in [4.69, 9.17) is 22.1 Å². The van der Waals surface area contributed by atoms with E-state index in [-0.39, 0.29) is 33.7 Å². The van der Waals surface area contributed by atoms with Gasteiger partial charge in [-0.1, -0.05) is 17.7 Å². The number of amides is 1.